The van der Waals surface area contributed by atoms with E-state index in [-0.39, 0.29) is 0 Å². The van der Waals surface area contributed by atoms with Crippen LogP contribution in [-0.2, 0) is 0 Å². The lowest BCUT2D eigenvalue weighted by Crippen LogP contribution is -2.17. The Morgan fingerprint density at radius 2 is 1.46 bits per heavy atom. The first-order chi connectivity index (χ1) is 12.8. The highest BCUT2D eigenvalue weighted by Crippen LogP contribution is 2.16. The molecule has 0 saturated heterocycles. The van der Waals surface area contributed by atoms with Gasteiger partial charge in [0.1, 0.15) is 11.3 Å². The fourth-order valence-electron chi connectivity index (χ4n) is 2.74. The number of nitrogens with zero attached hydrogens (tertiary/aromatic N) is 1. The van der Waals surface area contributed by atoms with Gasteiger partial charge in [-0.1, -0.05) is 66.7 Å². The second-order valence-corrected chi connectivity index (χ2v) is 5.79. The normalized spacial score (nSPS) is 11.5. The minimum Gasteiger partial charge on any atom is -0.422 e. The number of anilines is 1. The molecule has 0 amide bonds. The van der Waals surface area contributed by atoms with Crippen molar-refractivity contribution >= 4 is 22.4 Å². The third kappa shape index (κ3) is 3.26. The zero-order valence-corrected chi connectivity index (χ0v) is 13.9. The van der Waals surface area contributed by atoms with Crippen LogP contribution in [0.4, 0.5) is 5.69 Å². The van der Waals surface area contributed by atoms with Gasteiger partial charge in [0.05, 0.1) is 11.3 Å². The van der Waals surface area contributed by atoms with E-state index in [4.69, 9.17) is 4.42 Å². The van der Waals surface area contributed by atoms with Crippen molar-refractivity contribution in [1.29, 1.82) is 0 Å². The molecule has 126 valence electrons. The molecule has 26 heavy (non-hydrogen) atoms. The van der Waals surface area contributed by atoms with Crippen molar-refractivity contribution in [2.24, 2.45) is 5.10 Å². The van der Waals surface area contributed by atoms with E-state index in [1.165, 1.54) is 0 Å². The molecule has 0 unspecified atom stereocenters. The van der Waals surface area contributed by atoms with Crippen LogP contribution in [-0.4, -0.2) is 5.71 Å². The first kappa shape index (κ1) is 15.8. The SMILES string of the molecule is O=c1oc2ccccc2cc1/C(=N/Nc1ccccc1)c1ccccc1. The molecule has 0 bridgehead atoms. The summed E-state index contributed by atoms with van der Waals surface area (Å²) in [5.41, 5.74) is 5.79. The molecule has 0 aliphatic carbocycles. The summed E-state index contributed by atoms with van der Waals surface area (Å²) in [6.45, 7) is 0. The van der Waals surface area contributed by atoms with E-state index in [0.29, 0.717) is 16.9 Å². The summed E-state index contributed by atoms with van der Waals surface area (Å²) in [5, 5.41) is 5.36. The fourth-order valence-corrected chi connectivity index (χ4v) is 2.74. The molecule has 4 nitrogen and oxygen atoms in total. The number of hydrazone groups is 1. The summed E-state index contributed by atoms with van der Waals surface area (Å²) in [6, 6.07) is 28.4. The fraction of sp³-hybridized carbons (Fsp3) is 0. The number of hydrogen-bond acceptors (Lipinski definition) is 4. The second kappa shape index (κ2) is 7.07. The second-order valence-electron chi connectivity index (χ2n) is 5.79. The largest absolute Gasteiger partial charge is 0.422 e. The number of fused-ring (bicyclic) bond motifs is 1. The number of nitrogens with one attached hydrogen (secondary N) is 1. The summed E-state index contributed by atoms with van der Waals surface area (Å²) < 4.78 is 5.48. The van der Waals surface area contributed by atoms with Gasteiger partial charge in [0.25, 0.3) is 0 Å². The average molecular weight is 340 g/mol. The molecule has 0 radical (unpaired) electrons. The molecule has 0 fully saturated rings. The van der Waals surface area contributed by atoms with Crippen molar-refractivity contribution in [3.05, 3.63) is 113 Å². The van der Waals surface area contributed by atoms with Crippen LogP contribution in [0.5, 0.6) is 0 Å². The van der Waals surface area contributed by atoms with E-state index in [2.05, 4.69) is 10.5 Å². The molecule has 4 aromatic rings. The van der Waals surface area contributed by atoms with Crippen LogP contribution < -0.4 is 11.1 Å². The molecule has 1 heterocycles. The predicted octanol–water partition coefficient (Wildman–Crippen LogP) is 4.66. The standard InChI is InChI=1S/C22H16N2O2/c25-22-19(15-17-11-7-8-14-20(17)26-22)21(16-9-3-1-4-10-16)24-23-18-12-5-2-6-13-18/h1-15,23H/b24-21+. The average Bonchev–Trinajstić information content (AvgIpc) is 2.70. The Labute approximate surface area is 150 Å². The monoisotopic (exact) mass is 340 g/mol. The Bertz CT molecular complexity index is 1120. The van der Waals surface area contributed by atoms with E-state index >= 15 is 0 Å². The molecule has 4 rings (SSSR count). The van der Waals surface area contributed by atoms with E-state index < -0.39 is 5.63 Å². The number of rotatable bonds is 4. The van der Waals surface area contributed by atoms with Gasteiger partial charge in [0.2, 0.25) is 0 Å². The molecule has 1 N–H and O–H groups in total. The topological polar surface area (TPSA) is 54.6 Å². The van der Waals surface area contributed by atoms with E-state index in [1.807, 2.05) is 84.9 Å². The molecule has 0 atom stereocenters. The highest BCUT2D eigenvalue weighted by molar-refractivity contribution is 6.13. The Hall–Kier alpha value is -3.66. The van der Waals surface area contributed by atoms with Crippen molar-refractivity contribution in [3.8, 4) is 0 Å². The molecule has 4 heteroatoms. The van der Waals surface area contributed by atoms with Crippen LogP contribution in [0.15, 0.2) is 105 Å². The Morgan fingerprint density at radius 3 is 2.23 bits per heavy atom. The number of para-hydroxylation sites is 2. The Morgan fingerprint density at radius 1 is 0.808 bits per heavy atom. The maximum Gasteiger partial charge on any atom is 0.345 e. The maximum absolute atomic E-state index is 12.6. The summed E-state index contributed by atoms with van der Waals surface area (Å²) in [5.74, 6) is 0. The van der Waals surface area contributed by atoms with E-state index in [0.717, 1.165) is 16.6 Å². The number of hydrogen-bond donors (Lipinski definition) is 1. The highest BCUT2D eigenvalue weighted by Gasteiger charge is 2.14. The predicted molar refractivity (Wildman–Crippen MR) is 105 cm³/mol. The lowest BCUT2D eigenvalue weighted by molar-refractivity contribution is 0.559. The van der Waals surface area contributed by atoms with Crippen molar-refractivity contribution in [1.82, 2.24) is 0 Å². The van der Waals surface area contributed by atoms with Gasteiger partial charge in [-0.05, 0) is 24.3 Å². The first-order valence-electron chi connectivity index (χ1n) is 8.29. The summed E-state index contributed by atoms with van der Waals surface area (Å²) in [6.07, 6.45) is 0. The van der Waals surface area contributed by atoms with Gasteiger partial charge < -0.3 is 4.42 Å². The smallest absolute Gasteiger partial charge is 0.345 e. The van der Waals surface area contributed by atoms with Crippen LogP contribution in [0.2, 0.25) is 0 Å². The summed E-state index contributed by atoms with van der Waals surface area (Å²) >= 11 is 0. The summed E-state index contributed by atoms with van der Waals surface area (Å²) in [4.78, 5) is 12.6. The van der Waals surface area contributed by atoms with Gasteiger partial charge in [0, 0.05) is 10.9 Å². The van der Waals surface area contributed by atoms with Crippen LogP contribution in [0.1, 0.15) is 11.1 Å². The van der Waals surface area contributed by atoms with Crippen LogP contribution in [0, 0.1) is 0 Å². The molecule has 1 aromatic heterocycles. The lowest BCUT2D eigenvalue weighted by Gasteiger charge is -2.08. The van der Waals surface area contributed by atoms with Gasteiger partial charge in [-0.2, -0.15) is 5.10 Å². The minimum atomic E-state index is -0.416. The van der Waals surface area contributed by atoms with Gasteiger partial charge in [-0.25, -0.2) is 4.79 Å². The van der Waals surface area contributed by atoms with Crippen LogP contribution in [0.25, 0.3) is 11.0 Å². The molecule has 0 aliphatic rings. The minimum absolute atomic E-state index is 0.415. The Kier molecular flexibility index (Phi) is 4.31. The zero-order valence-electron chi connectivity index (χ0n) is 13.9. The van der Waals surface area contributed by atoms with Crippen molar-refractivity contribution < 1.29 is 4.42 Å². The third-order valence-electron chi connectivity index (χ3n) is 4.01. The van der Waals surface area contributed by atoms with E-state index in [9.17, 15) is 4.79 Å². The quantitative estimate of drug-likeness (QED) is 0.334. The van der Waals surface area contributed by atoms with E-state index in [1.54, 1.807) is 6.07 Å². The lowest BCUT2D eigenvalue weighted by atomic mass is 10.0. The van der Waals surface area contributed by atoms with Crippen LogP contribution in [0.3, 0.4) is 0 Å². The van der Waals surface area contributed by atoms with Gasteiger partial charge in [0.15, 0.2) is 0 Å². The molecule has 0 aliphatic heterocycles. The highest BCUT2D eigenvalue weighted by atomic mass is 16.4. The molecular formula is C22H16N2O2. The summed E-state index contributed by atoms with van der Waals surface area (Å²) in [7, 11) is 0. The van der Waals surface area contributed by atoms with Crippen LogP contribution >= 0.6 is 0 Å². The van der Waals surface area contributed by atoms with Gasteiger partial charge in [-0.15, -0.1) is 0 Å². The van der Waals surface area contributed by atoms with Crippen molar-refractivity contribution in [3.63, 3.8) is 0 Å². The Balaban J connectivity index is 1.86. The molecule has 3 aromatic carbocycles. The molecule has 0 saturated carbocycles. The maximum atomic E-state index is 12.6. The molecule has 0 spiro atoms. The first-order valence-corrected chi connectivity index (χ1v) is 8.29. The molecular weight excluding hydrogens is 324 g/mol. The van der Waals surface area contributed by atoms with Crippen molar-refractivity contribution in [2.45, 2.75) is 0 Å². The van der Waals surface area contributed by atoms with Crippen molar-refractivity contribution in [2.75, 3.05) is 5.43 Å². The number of benzene rings is 3. The van der Waals surface area contributed by atoms with Gasteiger partial charge >= 0.3 is 5.63 Å². The third-order valence-corrected chi connectivity index (χ3v) is 4.01. The van der Waals surface area contributed by atoms with Gasteiger partial charge in [-0.3, -0.25) is 5.43 Å². The zero-order chi connectivity index (χ0) is 17.8.